The van der Waals surface area contributed by atoms with Gasteiger partial charge in [-0.2, -0.15) is 0 Å². The summed E-state index contributed by atoms with van der Waals surface area (Å²) in [5, 5.41) is 11.4. The number of ether oxygens (including phenoxy) is 1. The normalized spacial score (nSPS) is 11.5. The minimum Gasteiger partial charge on any atom is -0.480 e. The van der Waals surface area contributed by atoms with Gasteiger partial charge in [0.25, 0.3) is 5.91 Å². The molecule has 2 N–H and O–H groups in total. The van der Waals surface area contributed by atoms with Crippen LogP contribution in [0.25, 0.3) is 0 Å². The lowest BCUT2D eigenvalue weighted by atomic mass is 10.2. The van der Waals surface area contributed by atoms with Gasteiger partial charge in [-0.1, -0.05) is 6.08 Å². The zero-order valence-corrected chi connectivity index (χ0v) is 10.4. The lowest BCUT2D eigenvalue weighted by molar-refractivity contribution is -0.127. The van der Waals surface area contributed by atoms with Crippen LogP contribution >= 0.6 is 0 Å². The first kappa shape index (κ1) is 14.7. The highest BCUT2D eigenvalue weighted by Gasteiger charge is 2.18. The molecular formula is C13H14FNO4. The largest absolute Gasteiger partial charge is 0.480 e. The van der Waals surface area contributed by atoms with Gasteiger partial charge < -0.3 is 15.2 Å². The second-order valence-corrected chi connectivity index (χ2v) is 3.74. The van der Waals surface area contributed by atoms with Crippen molar-refractivity contribution in [1.82, 2.24) is 5.32 Å². The smallest absolute Gasteiger partial charge is 0.339 e. The van der Waals surface area contributed by atoms with Gasteiger partial charge >= 0.3 is 5.97 Å². The summed E-state index contributed by atoms with van der Waals surface area (Å²) in [4.78, 5) is 22.5. The number of hydrogen-bond acceptors (Lipinski definition) is 3. The van der Waals surface area contributed by atoms with Crippen molar-refractivity contribution in [2.75, 3.05) is 6.54 Å². The third-order valence-corrected chi connectivity index (χ3v) is 2.27. The van der Waals surface area contributed by atoms with Crippen LogP contribution in [0.1, 0.15) is 17.3 Å². The van der Waals surface area contributed by atoms with E-state index >= 15 is 0 Å². The maximum absolute atomic E-state index is 13.0. The van der Waals surface area contributed by atoms with Crippen molar-refractivity contribution < 1.29 is 23.8 Å². The van der Waals surface area contributed by atoms with Gasteiger partial charge in [0.2, 0.25) is 0 Å². The van der Waals surface area contributed by atoms with Gasteiger partial charge in [-0.25, -0.2) is 9.18 Å². The number of aromatic carboxylic acids is 1. The summed E-state index contributed by atoms with van der Waals surface area (Å²) in [7, 11) is 0. The summed E-state index contributed by atoms with van der Waals surface area (Å²) in [6.07, 6.45) is 0.606. The zero-order valence-electron chi connectivity index (χ0n) is 10.4. The first-order valence-corrected chi connectivity index (χ1v) is 5.53. The molecule has 6 heteroatoms. The first-order valence-electron chi connectivity index (χ1n) is 5.53. The number of carboxylic acid groups (broad SMARTS) is 1. The van der Waals surface area contributed by atoms with Crippen LogP contribution in [0.2, 0.25) is 0 Å². The van der Waals surface area contributed by atoms with Gasteiger partial charge in [0.05, 0.1) is 0 Å². The van der Waals surface area contributed by atoms with Crippen molar-refractivity contribution in [2.45, 2.75) is 13.0 Å². The topological polar surface area (TPSA) is 75.6 Å². The summed E-state index contributed by atoms with van der Waals surface area (Å²) in [5.74, 6) is -2.49. The summed E-state index contributed by atoms with van der Waals surface area (Å²) < 4.78 is 18.2. The number of benzene rings is 1. The number of amides is 1. The average Bonchev–Trinajstić information content (AvgIpc) is 2.37. The lowest BCUT2D eigenvalue weighted by Crippen LogP contribution is -2.36. The van der Waals surface area contributed by atoms with Crippen LogP contribution < -0.4 is 10.1 Å². The average molecular weight is 267 g/mol. The molecule has 1 amide bonds. The van der Waals surface area contributed by atoms with Gasteiger partial charge in [0.15, 0.2) is 6.10 Å². The van der Waals surface area contributed by atoms with Crippen LogP contribution in [0, 0.1) is 5.82 Å². The van der Waals surface area contributed by atoms with Crippen molar-refractivity contribution in [1.29, 1.82) is 0 Å². The highest BCUT2D eigenvalue weighted by molar-refractivity contribution is 5.91. The zero-order chi connectivity index (χ0) is 14.4. The maximum atomic E-state index is 13.0. The standard InChI is InChI=1S/C13H14FNO4/c1-3-6-15-12(16)8(2)19-11-5-4-9(14)7-10(11)13(17)18/h3-5,7-8H,1,6H2,2H3,(H,15,16)(H,17,18). The molecule has 1 aromatic rings. The highest BCUT2D eigenvalue weighted by atomic mass is 19.1. The van der Waals surface area contributed by atoms with Gasteiger partial charge in [0, 0.05) is 6.54 Å². The molecule has 0 saturated carbocycles. The molecule has 1 rings (SSSR count). The molecule has 0 bridgehead atoms. The molecule has 19 heavy (non-hydrogen) atoms. The molecule has 0 aliphatic rings. The molecule has 0 aliphatic carbocycles. The summed E-state index contributed by atoms with van der Waals surface area (Å²) in [5.41, 5.74) is -0.330. The molecule has 0 aromatic heterocycles. The van der Waals surface area contributed by atoms with Gasteiger partial charge in [-0.15, -0.1) is 6.58 Å². The van der Waals surface area contributed by atoms with Crippen LogP contribution in [-0.4, -0.2) is 29.6 Å². The Morgan fingerprint density at radius 2 is 2.26 bits per heavy atom. The van der Waals surface area contributed by atoms with E-state index in [9.17, 15) is 14.0 Å². The maximum Gasteiger partial charge on any atom is 0.339 e. The predicted octanol–water partition coefficient (Wildman–Crippen LogP) is 1.59. The Balaban J connectivity index is 2.84. The van der Waals surface area contributed by atoms with Crippen LogP contribution in [0.5, 0.6) is 5.75 Å². The molecule has 1 unspecified atom stereocenters. The second-order valence-electron chi connectivity index (χ2n) is 3.74. The third kappa shape index (κ3) is 4.09. The Morgan fingerprint density at radius 3 is 2.84 bits per heavy atom. The molecule has 102 valence electrons. The molecule has 0 aliphatic heterocycles. The second kappa shape index (κ2) is 6.53. The number of hydrogen-bond donors (Lipinski definition) is 2. The van der Waals surface area contributed by atoms with Crippen molar-refractivity contribution in [2.24, 2.45) is 0 Å². The van der Waals surface area contributed by atoms with Crippen LogP contribution in [0.3, 0.4) is 0 Å². The number of rotatable bonds is 6. The molecule has 0 saturated heterocycles. The van der Waals surface area contributed by atoms with E-state index in [1.165, 1.54) is 19.1 Å². The number of nitrogens with one attached hydrogen (secondary N) is 1. The minimum atomic E-state index is -1.33. The lowest BCUT2D eigenvalue weighted by Gasteiger charge is -2.15. The SMILES string of the molecule is C=CCNC(=O)C(C)Oc1ccc(F)cc1C(=O)O. The summed E-state index contributed by atoms with van der Waals surface area (Å²) in [6, 6.07) is 3.08. The molecule has 0 heterocycles. The Labute approximate surface area is 109 Å². The van der Waals surface area contributed by atoms with E-state index in [1.54, 1.807) is 0 Å². The Hall–Kier alpha value is -2.37. The van der Waals surface area contributed by atoms with Crippen molar-refractivity contribution in [3.05, 3.63) is 42.2 Å². The van der Waals surface area contributed by atoms with E-state index in [2.05, 4.69) is 11.9 Å². The van der Waals surface area contributed by atoms with Gasteiger partial charge in [0.1, 0.15) is 17.1 Å². The van der Waals surface area contributed by atoms with Crippen molar-refractivity contribution in [3.8, 4) is 5.75 Å². The Morgan fingerprint density at radius 1 is 1.58 bits per heavy atom. The molecule has 0 radical (unpaired) electrons. The Kier molecular flexibility index (Phi) is 5.05. The van der Waals surface area contributed by atoms with E-state index in [1.807, 2.05) is 0 Å². The fourth-order valence-corrected chi connectivity index (χ4v) is 1.33. The summed E-state index contributed by atoms with van der Waals surface area (Å²) in [6.45, 7) is 5.19. The molecule has 1 atom stereocenters. The van der Waals surface area contributed by atoms with E-state index in [-0.39, 0.29) is 17.9 Å². The summed E-state index contributed by atoms with van der Waals surface area (Å²) >= 11 is 0. The van der Waals surface area contributed by atoms with Crippen molar-refractivity contribution in [3.63, 3.8) is 0 Å². The fourth-order valence-electron chi connectivity index (χ4n) is 1.33. The minimum absolute atomic E-state index is 0.0600. The van der Waals surface area contributed by atoms with Crippen molar-refractivity contribution >= 4 is 11.9 Å². The number of halogens is 1. The number of carboxylic acids is 1. The van der Waals surface area contributed by atoms with E-state index in [0.29, 0.717) is 0 Å². The van der Waals surface area contributed by atoms with Gasteiger partial charge in [-0.05, 0) is 25.1 Å². The molecule has 0 spiro atoms. The van der Waals surface area contributed by atoms with Crippen LogP contribution in [0.15, 0.2) is 30.9 Å². The molecular weight excluding hydrogens is 253 g/mol. The van der Waals surface area contributed by atoms with Crippen LogP contribution in [0.4, 0.5) is 4.39 Å². The Bertz CT molecular complexity index is 501. The molecule has 0 fully saturated rings. The van der Waals surface area contributed by atoms with Crippen LogP contribution in [-0.2, 0) is 4.79 Å². The highest BCUT2D eigenvalue weighted by Crippen LogP contribution is 2.21. The third-order valence-electron chi connectivity index (χ3n) is 2.27. The predicted molar refractivity (Wildman–Crippen MR) is 66.7 cm³/mol. The monoisotopic (exact) mass is 267 g/mol. The quantitative estimate of drug-likeness (QED) is 0.767. The molecule has 5 nitrogen and oxygen atoms in total. The fraction of sp³-hybridized carbons (Fsp3) is 0.231. The first-order chi connectivity index (χ1) is 8.95. The molecule has 1 aromatic carbocycles. The van der Waals surface area contributed by atoms with E-state index in [0.717, 1.165) is 12.1 Å². The van der Waals surface area contributed by atoms with E-state index < -0.39 is 23.8 Å². The van der Waals surface area contributed by atoms with Gasteiger partial charge in [-0.3, -0.25) is 4.79 Å². The van der Waals surface area contributed by atoms with E-state index in [4.69, 9.17) is 9.84 Å². The number of carbonyl (C=O) groups is 2. The number of carbonyl (C=O) groups excluding carboxylic acids is 1.